The Balaban J connectivity index is 1.62. The molecule has 0 spiro atoms. The molecule has 1 saturated heterocycles. The fourth-order valence-electron chi connectivity index (χ4n) is 3.96. The van der Waals surface area contributed by atoms with Gasteiger partial charge < -0.3 is 15.2 Å². The van der Waals surface area contributed by atoms with E-state index in [9.17, 15) is 8.42 Å². The first-order valence-electron chi connectivity index (χ1n) is 9.77. The topological polar surface area (TPSA) is 75.5 Å². The molecular weight excluding hydrogens is 348 g/mol. The lowest BCUT2D eigenvalue weighted by atomic mass is 9.86. The van der Waals surface area contributed by atoms with Gasteiger partial charge in [0.25, 0.3) is 0 Å². The first-order chi connectivity index (χ1) is 12.4. The molecule has 26 heavy (non-hydrogen) atoms. The molecule has 1 aromatic rings. The predicted octanol–water partition coefficient (Wildman–Crippen LogP) is 2.07. The van der Waals surface area contributed by atoms with Crippen molar-refractivity contribution in [3.8, 4) is 0 Å². The lowest BCUT2D eigenvalue weighted by Crippen LogP contribution is -2.48. The predicted molar refractivity (Wildman–Crippen MR) is 106 cm³/mol. The van der Waals surface area contributed by atoms with E-state index in [1.165, 1.54) is 31.2 Å². The van der Waals surface area contributed by atoms with E-state index >= 15 is 0 Å². The maximum atomic E-state index is 11.7. The van der Waals surface area contributed by atoms with Crippen LogP contribution in [0.3, 0.4) is 0 Å². The van der Waals surface area contributed by atoms with Crippen LogP contribution in [0.2, 0.25) is 0 Å². The summed E-state index contributed by atoms with van der Waals surface area (Å²) >= 11 is 0. The molecule has 146 valence electrons. The fourth-order valence-corrected chi connectivity index (χ4v) is 5.82. The smallest absolute Gasteiger partial charge is 0.191 e. The van der Waals surface area contributed by atoms with Gasteiger partial charge in [-0.3, -0.25) is 0 Å². The van der Waals surface area contributed by atoms with Crippen LogP contribution >= 0.6 is 0 Å². The summed E-state index contributed by atoms with van der Waals surface area (Å²) in [6.45, 7) is 3.59. The Bertz CT molecular complexity index is 726. The summed E-state index contributed by atoms with van der Waals surface area (Å²) in [6.07, 6.45) is 9.85. The highest BCUT2D eigenvalue weighted by Crippen LogP contribution is 2.23. The molecule has 1 saturated carbocycles. The van der Waals surface area contributed by atoms with Gasteiger partial charge in [-0.25, -0.2) is 13.4 Å². The quantitative estimate of drug-likeness (QED) is 0.606. The Morgan fingerprint density at radius 1 is 1.31 bits per heavy atom. The first-order valence-corrected chi connectivity index (χ1v) is 11.6. The van der Waals surface area contributed by atoms with Gasteiger partial charge in [-0.1, -0.05) is 19.8 Å². The van der Waals surface area contributed by atoms with Crippen LogP contribution in [0.5, 0.6) is 0 Å². The SMILES string of the molecule is CC1CCCCC1NC(=NCc1ccn(C)c1)NCC1CCS(=O)(=O)C1. The Labute approximate surface area is 157 Å². The highest BCUT2D eigenvalue weighted by molar-refractivity contribution is 7.91. The van der Waals surface area contributed by atoms with Gasteiger partial charge in [-0.15, -0.1) is 0 Å². The van der Waals surface area contributed by atoms with Gasteiger partial charge in [-0.2, -0.15) is 0 Å². The molecule has 2 N–H and O–H groups in total. The molecule has 0 amide bonds. The molecule has 7 heteroatoms. The monoisotopic (exact) mass is 380 g/mol. The van der Waals surface area contributed by atoms with Gasteiger partial charge in [0.15, 0.2) is 15.8 Å². The molecule has 3 unspecified atom stereocenters. The zero-order valence-corrected chi connectivity index (χ0v) is 16.8. The summed E-state index contributed by atoms with van der Waals surface area (Å²) in [5, 5.41) is 7.02. The summed E-state index contributed by atoms with van der Waals surface area (Å²) < 4.78 is 25.4. The molecule has 0 bridgehead atoms. The van der Waals surface area contributed by atoms with Crippen LogP contribution in [0.15, 0.2) is 23.5 Å². The Hall–Kier alpha value is -1.50. The van der Waals surface area contributed by atoms with E-state index in [0.717, 1.165) is 12.4 Å². The number of hydrogen-bond donors (Lipinski definition) is 2. The first kappa shape index (κ1) is 19.3. The van der Waals surface area contributed by atoms with Crippen molar-refractivity contribution < 1.29 is 8.42 Å². The molecule has 3 atom stereocenters. The number of nitrogens with zero attached hydrogens (tertiary/aromatic N) is 2. The van der Waals surface area contributed by atoms with E-state index in [-0.39, 0.29) is 5.92 Å². The number of guanidine groups is 1. The largest absolute Gasteiger partial charge is 0.357 e. The number of rotatable bonds is 5. The van der Waals surface area contributed by atoms with Crippen molar-refractivity contribution in [3.63, 3.8) is 0 Å². The van der Waals surface area contributed by atoms with E-state index < -0.39 is 9.84 Å². The van der Waals surface area contributed by atoms with Crippen molar-refractivity contribution in [3.05, 3.63) is 24.0 Å². The zero-order valence-electron chi connectivity index (χ0n) is 15.9. The minimum atomic E-state index is -2.83. The third-order valence-electron chi connectivity index (χ3n) is 5.63. The number of aliphatic imine (C=N–C) groups is 1. The molecule has 6 nitrogen and oxygen atoms in total. The van der Waals surface area contributed by atoms with Gasteiger partial charge >= 0.3 is 0 Å². The van der Waals surface area contributed by atoms with Crippen LogP contribution in [0, 0.1) is 11.8 Å². The average molecular weight is 381 g/mol. The number of sulfone groups is 1. The van der Waals surface area contributed by atoms with Crippen LogP contribution < -0.4 is 10.6 Å². The van der Waals surface area contributed by atoms with Crippen molar-refractivity contribution in [2.45, 2.75) is 51.6 Å². The molecule has 1 aromatic heterocycles. The normalized spacial score (nSPS) is 28.8. The lowest BCUT2D eigenvalue weighted by molar-refractivity contribution is 0.306. The highest BCUT2D eigenvalue weighted by Gasteiger charge is 2.28. The number of hydrogen-bond acceptors (Lipinski definition) is 3. The minimum absolute atomic E-state index is 0.188. The van der Waals surface area contributed by atoms with E-state index in [1.54, 1.807) is 0 Å². The summed E-state index contributed by atoms with van der Waals surface area (Å²) in [5.74, 6) is 2.26. The zero-order chi connectivity index (χ0) is 18.6. The maximum absolute atomic E-state index is 11.7. The average Bonchev–Trinajstić information content (AvgIpc) is 3.17. The second-order valence-electron chi connectivity index (χ2n) is 8.01. The Kier molecular flexibility index (Phi) is 6.27. The standard InChI is InChI=1S/C19H32N4O2S/c1-15-5-3-4-6-18(15)22-19(20-11-16-7-9-23(2)13-16)21-12-17-8-10-26(24,25)14-17/h7,9,13,15,17-18H,3-6,8,10-12,14H2,1-2H3,(H2,20,21,22). The van der Waals surface area contributed by atoms with Gasteiger partial charge in [0.2, 0.25) is 0 Å². The highest BCUT2D eigenvalue weighted by atomic mass is 32.2. The second-order valence-corrected chi connectivity index (χ2v) is 10.2. The van der Waals surface area contributed by atoms with E-state index in [1.807, 2.05) is 17.8 Å². The molecule has 0 aromatic carbocycles. The van der Waals surface area contributed by atoms with Gasteiger partial charge in [0.1, 0.15) is 0 Å². The third kappa shape index (κ3) is 5.50. The van der Waals surface area contributed by atoms with Gasteiger partial charge in [-0.05, 0) is 42.7 Å². The molecule has 2 fully saturated rings. The van der Waals surface area contributed by atoms with Crippen LogP contribution in [-0.4, -0.2) is 43.0 Å². The molecule has 2 heterocycles. The summed E-state index contributed by atoms with van der Waals surface area (Å²) in [4.78, 5) is 4.76. The van der Waals surface area contributed by atoms with Crippen LogP contribution in [0.1, 0.15) is 44.6 Å². The number of aromatic nitrogens is 1. The van der Waals surface area contributed by atoms with Crippen molar-refractivity contribution >= 4 is 15.8 Å². The van der Waals surface area contributed by atoms with Crippen LogP contribution in [-0.2, 0) is 23.4 Å². The molecule has 1 aliphatic heterocycles. The molecule has 1 aliphatic carbocycles. The molecular formula is C19H32N4O2S. The molecule has 2 aliphatic rings. The Morgan fingerprint density at radius 2 is 2.12 bits per heavy atom. The van der Waals surface area contributed by atoms with Crippen LogP contribution in [0.25, 0.3) is 0 Å². The third-order valence-corrected chi connectivity index (χ3v) is 7.47. The van der Waals surface area contributed by atoms with Gasteiger partial charge in [0, 0.05) is 32.0 Å². The summed E-state index contributed by atoms with van der Waals surface area (Å²) in [6, 6.07) is 2.52. The van der Waals surface area contributed by atoms with Crippen LogP contribution in [0.4, 0.5) is 0 Å². The van der Waals surface area contributed by atoms with E-state index in [4.69, 9.17) is 4.99 Å². The Morgan fingerprint density at radius 3 is 2.77 bits per heavy atom. The fraction of sp³-hybridized carbons (Fsp3) is 0.737. The number of nitrogens with one attached hydrogen (secondary N) is 2. The van der Waals surface area contributed by atoms with E-state index in [0.29, 0.717) is 36.6 Å². The van der Waals surface area contributed by atoms with E-state index in [2.05, 4.69) is 29.8 Å². The number of aryl methyl sites for hydroxylation is 1. The molecule has 3 rings (SSSR count). The maximum Gasteiger partial charge on any atom is 0.191 e. The van der Waals surface area contributed by atoms with Crippen molar-refractivity contribution in [2.24, 2.45) is 23.9 Å². The van der Waals surface area contributed by atoms with Crippen molar-refractivity contribution in [1.82, 2.24) is 15.2 Å². The minimum Gasteiger partial charge on any atom is -0.357 e. The lowest BCUT2D eigenvalue weighted by Gasteiger charge is -2.31. The second kappa shape index (κ2) is 8.46. The summed E-state index contributed by atoms with van der Waals surface area (Å²) in [7, 11) is -0.826. The van der Waals surface area contributed by atoms with Crippen molar-refractivity contribution in [2.75, 3.05) is 18.1 Å². The molecule has 0 radical (unpaired) electrons. The van der Waals surface area contributed by atoms with Gasteiger partial charge in [0.05, 0.1) is 18.1 Å². The summed E-state index contributed by atoms with van der Waals surface area (Å²) in [5.41, 5.74) is 1.17. The van der Waals surface area contributed by atoms with Crippen molar-refractivity contribution in [1.29, 1.82) is 0 Å².